The molecule has 3 aliphatic rings. The summed E-state index contributed by atoms with van der Waals surface area (Å²) >= 11 is 0. The van der Waals surface area contributed by atoms with Gasteiger partial charge in [-0.05, 0) is 43.9 Å². The number of aryl methyl sites for hydroxylation is 1. The zero-order chi connectivity index (χ0) is 19.3. The van der Waals surface area contributed by atoms with E-state index in [1.165, 1.54) is 24.0 Å². The predicted octanol–water partition coefficient (Wildman–Crippen LogP) is 5.45. The topological polar surface area (TPSA) is 34.1 Å². The second-order valence-electron chi connectivity index (χ2n) is 8.62. The molecule has 0 saturated heterocycles. The van der Waals surface area contributed by atoms with Gasteiger partial charge in [0.25, 0.3) is 0 Å². The SMILES string of the molecule is COc1cccc(C2=NN3C(C2)c2cc(C)ccc2OC32CCC(C)CC2)c1. The zero-order valence-electron chi connectivity index (χ0n) is 16.9. The molecule has 1 fully saturated rings. The number of nitrogens with zero attached hydrogens (tertiary/aromatic N) is 2. The largest absolute Gasteiger partial charge is 0.497 e. The molecule has 1 atom stereocenters. The van der Waals surface area contributed by atoms with Gasteiger partial charge in [0.15, 0.2) is 5.72 Å². The third kappa shape index (κ3) is 2.78. The molecule has 5 rings (SSSR count). The Morgan fingerprint density at radius 3 is 2.75 bits per heavy atom. The number of rotatable bonds is 2. The average Bonchev–Trinajstić information content (AvgIpc) is 3.18. The van der Waals surface area contributed by atoms with Gasteiger partial charge in [-0.3, -0.25) is 0 Å². The summed E-state index contributed by atoms with van der Waals surface area (Å²) in [5, 5.41) is 7.46. The summed E-state index contributed by atoms with van der Waals surface area (Å²) in [5.74, 6) is 2.68. The molecule has 0 bridgehead atoms. The third-order valence-electron chi connectivity index (χ3n) is 6.61. The quantitative estimate of drug-likeness (QED) is 0.698. The first-order chi connectivity index (χ1) is 13.6. The number of benzene rings is 2. The lowest BCUT2D eigenvalue weighted by molar-refractivity contribution is -0.145. The molecular formula is C24H28N2O2. The van der Waals surface area contributed by atoms with Gasteiger partial charge in [-0.1, -0.05) is 36.8 Å². The highest BCUT2D eigenvalue weighted by molar-refractivity contribution is 6.02. The van der Waals surface area contributed by atoms with E-state index in [4.69, 9.17) is 14.6 Å². The van der Waals surface area contributed by atoms with Gasteiger partial charge < -0.3 is 9.47 Å². The molecule has 4 heteroatoms. The van der Waals surface area contributed by atoms with E-state index in [2.05, 4.69) is 49.2 Å². The highest BCUT2D eigenvalue weighted by Gasteiger charge is 2.51. The monoisotopic (exact) mass is 376 g/mol. The molecule has 0 amide bonds. The van der Waals surface area contributed by atoms with Crippen molar-refractivity contribution in [3.8, 4) is 11.5 Å². The zero-order valence-corrected chi connectivity index (χ0v) is 16.9. The Balaban J connectivity index is 1.58. The fraction of sp³-hybridized carbons (Fsp3) is 0.458. The molecular weight excluding hydrogens is 348 g/mol. The number of hydrogen-bond donors (Lipinski definition) is 0. The van der Waals surface area contributed by atoms with Crippen LogP contribution >= 0.6 is 0 Å². The minimum Gasteiger partial charge on any atom is -0.497 e. The highest BCUT2D eigenvalue weighted by Crippen LogP contribution is 2.52. The number of methoxy groups -OCH3 is 1. The summed E-state index contributed by atoms with van der Waals surface area (Å²) in [6.45, 7) is 4.50. The Kier molecular flexibility index (Phi) is 4.11. The van der Waals surface area contributed by atoms with Crippen LogP contribution in [0.4, 0.5) is 0 Å². The van der Waals surface area contributed by atoms with Crippen LogP contribution < -0.4 is 9.47 Å². The van der Waals surface area contributed by atoms with Crippen molar-refractivity contribution in [2.45, 2.75) is 57.7 Å². The van der Waals surface area contributed by atoms with Gasteiger partial charge in [0, 0.05) is 30.4 Å². The van der Waals surface area contributed by atoms with Crippen molar-refractivity contribution in [2.75, 3.05) is 7.11 Å². The molecule has 28 heavy (non-hydrogen) atoms. The minimum atomic E-state index is -0.306. The second kappa shape index (κ2) is 6.54. The van der Waals surface area contributed by atoms with Crippen LogP contribution in [0, 0.1) is 12.8 Å². The molecule has 1 saturated carbocycles. The van der Waals surface area contributed by atoms with Crippen LogP contribution in [-0.4, -0.2) is 23.6 Å². The highest BCUT2D eigenvalue weighted by atomic mass is 16.5. The van der Waals surface area contributed by atoms with E-state index in [1.807, 2.05) is 12.1 Å². The molecule has 2 aromatic rings. The van der Waals surface area contributed by atoms with E-state index in [-0.39, 0.29) is 11.8 Å². The summed E-state index contributed by atoms with van der Waals surface area (Å²) in [7, 11) is 1.71. The maximum absolute atomic E-state index is 6.70. The van der Waals surface area contributed by atoms with Crippen molar-refractivity contribution < 1.29 is 9.47 Å². The Bertz CT molecular complexity index is 928. The van der Waals surface area contributed by atoms with Crippen LogP contribution in [0.15, 0.2) is 47.6 Å². The first-order valence-electron chi connectivity index (χ1n) is 10.4. The Morgan fingerprint density at radius 2 is 1.96 bits per heavy atom. The van der Waals surface area contributed by atoms with E-state index in [0.717, 1.165) is 48.0 Å². The maximum Gasteiger partial charge on any atom is 0.198 e. The Morgan fingerprint density at radius 1 is 1.14 bits per heavy atom. The maximum atomic E-state index is 6.70. The average molecular weight is 377 g/mol. The predicted molar refractivity (Wildman–Crippen MR) is 111 cm³/mol. The van der Waals surface area contributed by atoms with Crippen molar-refractivity contribution in [1.82, 2.24) is 5.01 Å². The molecule has 1 aliphatic carbocycles. The molecule has 1 unspecified atom stereocenters. The molecule has 0 radical (unpaired) electrons. The Labute approximate surface area is 167 Å². The van der Waals surface area contributed by atoms with Crippen molar-refractivity contribution in [3.63, 3.8) is 0 Å². The molecule has 2 aromatic carbocycles. The van der Waals surface area contributed by atoms with Gasteiger partial charge in [0.1, 0.15) is 11.5 Å². The van der Waals surface area contributed by atoms with E-state index < -0.39 is 0 Å². The molecule has 2 aliphatic heterocycles. The van der Waals surface area contributed by atoms with Crippen LogP contribution in [0.3, 0.4) is 0 Å². The molecule has 4 nitrogen and oxygen atoms in total. The third-order valence-corrected chi connectivity index (χ3v) is 6.61. The van der Waals surface area contributed by atoms with E-state index in [1.54, 1.807) is 7.11 Å². The summed E-state index contributed by atoms with van der Waals surface area (Å²) in [6.07, 6.45) is 5.35. The van der Waals surface area contributed by atoms with E-state index >= 15 is 0 Å². The van der Waals surface area contributed by atoms with Gasteiger partial charge in [0.05, 0.1) is 18.9 Å². The number of ether oxygens (including phenoxy) is 2. The number of hydrazone groups is 1. The molecule has 1 spiro atoms. The molecule has 0 aromatic heterocycles. The van der Waals surface area contributed by atoms with Gasteiger partial charge >= 0.3 is 0 Å². The summed E-state index contributed by atoms with van der Waals surface area (Å²) < 4.78 is 12.1. The van der Waals surface area contributed by atoms with Gasteiger partial charge in [-0.15, -0.1) is 0 Å². The lowest BCUT2D eigenvalue weighted by Crippen LogP contribution is -2.55. The van der Waals surface area contributed by atoms with E-state index in [0.29, 0.717) is 0 Å². The molecule has 146 valence electrons. The minimum absolute atomic E-state index is 0.248. The first kappa shape index (κ1) is 17.6. The lowest BCUT2D eigenvalue weighted by Gasteiger charge is -2.50. The van der Waals surface area contributed by atoms with Gasteiger partial charge in [-0.25, -0.2) is 5.01 Å². The fourth-order valence-corrected chi connectivity index (χ4v) is 4.92. The van der Waals surface area contributed by atoms with Crippen LogP contribution in [0.2, 0.25) is 0 Å². The van der Waals surface area contributed by atoms with Crippen LogP contribution in [0.25, 0.3) is 0 Å². The molecule has 2 heterocycles. The van der Waals surface area contributed by atoms with Crippen molar-refractivity contribution in [2.24, 2.45) is 11.0 Å². The lowest BCUT2D eigenvalue weighted by atomic mass is 9.82. The normalized spacial score (nSPS) is 28.4. The van der Waals surface area contributed by atoms with Crippen molar-refractivity contribution in [3.05, 3.63) is 59.2 Å². The molecule has 0 N–H and O–H groups in total. The number of hydrogen-bond acceptors (Lipinski definition) is 4. The summed E-state index contributed by atoms with van der Waals surface area (Å²) in [6, 6.07) is 15.1. The van der Waals surface area contributed by atoms with Crippen LogP contribution in [0.5, 0.6) is 11.5 Å². The second-order valence-corrected chi connectivity index (χ2v) is 8.62. The summed E-state index contributed by atoms with van der Waals surface area (Å²) in [4.78, 5) is 0. The Hall–Kier alpha value is -2.49. The van der Waals surface area contributed by atoms with E-state index in [9.17, 15) is 0 Å². The smallest absolute Gasteiger partial charge is 0.198 e. The summed E-state index contributed by atoms with van der Waals surface area (Å²) in [5.41, 5.74) is 4.50. The van der Waals surface area contributed by atoms with Gasteiger partial charge in [-0.2, -0.15) is 5.10 Å². The standard InChI is InChI=1S/C24H28N2O2/c1-16-9-11-24(12-10-16)26-22(20-13-17(2)7-8-23(20)28-24)15-21(25-26)18-5-4-6-19(14-18)27-3/h4-8,13-14,16,22H,9-12,15H2,1-3H3. The van der Waals surface area contributed by atoms with Crippen LogP contribution in [-0.2, 0) is 0 Å². The number of fused-ring (bicyclic) bond motifs is 4. The van der Waals surface area contributed by atoms with Crippen molar-refractivity contribution >= 4 is 5.71 Å². The van der Waals surface area contributed by atoms with Crippen LogP contribution in [0.1, 0.15) is 61.8 Å². The van der Waals surface area contributed by atoms with Gasteiger partial charge in [0.2, 0.25) is 0 Å². The van der Waals surface area contributed by atoms with Crippen molar-refractivity contribution in [1.29, 1.82) is 0 Å². The first-order valence-corrected chi connectivity index (χ1v) is 10.4. The fourth-order valence-electron chi connectivity index (χ4n) is 4.92.